The number of nitrogens with two attached hydrogens (primary N) is 1. The highest BCUT2D eigenvalue weighted by atomic mass is 32.1. The van der Waals surface area contributed by atoms with Crippen molar-refractivity contribution >= 4 is 16.5 Å². The lowest BCUT2D eigenvalue weighted by Gasteiger charge is -2.02. The lowest BCUT2D eigenvalue weighted by molar-refractivity contribution is 0.411. The topological polar surface area (TPSA) is 48.1 Å². The number of hydrogen-bond donors (Lipinski definition) is 1. The van der Waals surface area contributed by atoms with Gasteiger partial charge in [-0.15, -0.1) is 0 Å². The zero-order chi connectivity index (χ0) is 10.8. The van der Waals surface area contributed by atoms with Crippen LogP contribution in [0.5, 0.6) is 5.75 Å². The summed E-state index contributed by atoms with van der Waals surface area (Å²) in [5.41, 5.74) is 6.23. The van der Waals surface area contributed by atoms with Gasteiger partial charge in [-0.25, -0.2) is 9.37 Å². The minimum absolute atomic E-state index is 0.337. The lowest BCUT2D eigenvalue weighted by atomic mass is 10.2. The van der Waals surface area contributed by atoms with Crippen molar-refractivity contribution in [3.63, 3.8) is 0 Å². The van der Waals surface area contributed by atoms with Gasteiger partial charge in [-0.05, 0) is 17.7 Å². The quantitative estimate of drug-likeness (QED) is 0.852. The van der Waals surface area contributed by atoms with Gasteiger partial charge in [-0.3, -0.25) is 0 Å². The van der Waals surface area contributed by atoms with Crippen molar-refractivity contribution in [3.8, 4) is 16.2 Å². The minimum atomic E-state index is -0.337. The Hall–Kier alpha value is -1.62. The van der Waals surface area contributed by atoms with Crippen LogP contribution < -0.4 is 10.5 Å². The molecule has 2 rings (SSSR count). The van der Waals surface area contributed by atoms with E-state index in [1.165, 1.54) is 30.6 Å². The van der Waals surface area contributed by atoms with E-state index in [2.05, 4.69) is 4.98 Å². The monoisotopic (exact) mass is 224 g/mol. The van der Waals surface area contributed by atoms with E-state index in [1.807, 2.05) is 0 Å². The molecule has 2 N–H and O–H groups in total. The third kappa shape index (κ3) is 2.07. The molecule has 2 aromatic rings. The average Bonchev–Trinajstić information content (AvgIpc) is 2.64. The number of benzene rings is 1. The predicted molar refractivity (Wildman–Crippen MR) is 58.5 cm³/mol. The van der Waals surface area contributed by atoms with E-state index in [1.54, 1.807) is 12.3 Å². The van der Waals surface area contributed by atoms with Gasteiger partial charge in [0.15, 0.2) is 5.13 Å². The van der Waals surface area contributed by atoms with Gasteiger partial charge in [-0.1, -0.05) is 11.3 Å². The number of thiazole rings is 1. The Bertz CT molecular complexity index is 484. The molecule has 0 spiro atoms. The molecular weight excluding hydrogens is 215 g/mol. The van der Waals surface area contributed by atoms with Crippen molar-refractivity contribution in [1.29, 1.82) is 0 Å². The van der Waals surface area contributed by atoms with Crippen LogP contribution in [0.25, 0.3) is 10.4 Å². The predicted octanol–water partition coefficient (Wildman–Crippen LogP) is 2.54. The molecule has 0 fully saturated rings. The zero-order valence-electron chi connectivity index (χ0n) is 8.03. The first-order chi connectivity index (χ1) is 7.19. The molecule has 0 bridgehead atoms. The van der Waals surface area contributed by atoms with Crippen LogP contribution in [0.15, 0.2) is 24.4 Å². The van der Waals surface area contributed by atoms with Crippen LogP contribution >= 0.6 is 11.3 Å². The van der Waals surface area contributed by atoms with E-state index in [9.17, 15) is 4.39 Å². The number of halogens is 1. The summed E-state index contributed by atoms with van der Waals surface area (Å²) in [5.74, 6) is 0.147. The van der Waals surface area contributed by atoms with Crippen molar-refractivity contribution in [2.24, 2.45) is 0 Å². The number of nitrogens with zero attached hydrogens (tertiary/aromatic N) is 1. The number of hydrogen-bond acceptors (Lipinski definition) is 4. The summed E-state index contributed by atoms with van der Waals surface area (Å²) in [7, 11) is 1.50. The fraction of sp³-hybridized carbons (Fsp3) is 0.100. The van der Waals surface area contributed by atoms with Crippen LogP contribution in [-0.4, -0.2) is 12.1 Å². The van der Waals surface area contributed by atoms with Crippen molar-refractivity contribution in [1.82, 2.24) is 4.98 Å². The summed E-state index contributed by atoms with van der Waals surface area (Å²) in [6, 6.07) is 4.50. The molecule has 0 saturated carbocycles. The first kappa shape index (κ1) is 9.92. The van der Waals surface area contributed by atoms with Gasteiger partial charge >= 0.3 is 0 Å². The molecule has 1 heterocycles. The maximum atomic E-state index is 13.2. The van der Waals surface area contributed by atoms with E-state index in [4.69, 9.17) is 10.5 Å². The van der Waals surface area contributed by atoms with Crippen LogP contribution in [0, 0.1) is 5.82 Å². The van der Waals surface area contributed by atoms with E-state index in [0.717, 1.165) is 10.4 Å². The Morgan fingerprint density at radius 3 is 2.80 bits per heavy atom. The third-order valence-corrected chi connectivity index (χ3v) is 2.79. The van der Waals surface area contributed by atoms with Crippen molar-refractivity contribution < 1.29 is 9.13 Å². The second kappa shape index (κ2) is 3.86. The molecule has 78 valence electrons. The second-order valence-electron chi connectivity index (χ2n) is 2.94. The number of methoxy groups -OCH3 is 1. The van der Waals surface area contributed by atoms with Gasteiger partial charge < -0.3 is 10.5 Å². The molecule has 0 saturated heterocycles. The van der Waals surface area contributed by atoms with Gasteiger partial charge in [0.2, 0.25) is 0 Å². The summed E-state index contributed by atoms with van der Waals surface area (Å²) in [6.07, 6.45) is 1.62. The Morgan fingerprint density at radius 1 is 1.40 bits per heavy atom. The molecule has 0 atom stereocenters. The molecule has 1 aromatic carbocycles. The average molecular weight is 224 g/mol. The fourth-order valence-electron chi connectivity index (χ4n) is 1.24. The number of aromatic nitrogens is 1. The molecule has 0 unspecified atom stereocenters. The third-order valence-electron chi connectivity index (χ3n) is 1.92. The lowest BCUT2D eigenvalue weighted by Crippen LogP contribution is -1.85. The molecule has 3 nitrogen and oxygen atoms in total. The summed E-state index contributed by atoms with van der Waals surface area (Å²) in [5, 5.41) is 0.466. The van der Waals surface area contributed by atoms with E-state index in [-0.39, 0.29) is 5.82 Å². The molecule has 0 amide bonds. The zero-order valence-corrected chi connectivity index (χ0v) is 8.84. The fourth-order valence-corrected chi connectivity index (χ4v) is 1.92. The first-order valence-corrected chi connectivity index (χ1v) is 5.07. The van der Waals surface area contributed by atoms with Gasteiger partial charge in [0.1, 0.15) is 11.6 Å². The first-order valence-electron chi connectivity index (χ1n) is 4.25. The number of rotatable bonds is 2. The SMILES string of the molecule is COc1cc(F)cc(-c2cnc(N)s2)c1. The van der Waals surface area contributed by atoms with Crippen molar-refractivity contribution in [3.05, 3.63) is 30.2 Å². The second-order valence-corrected chi connectivity index (χ2v) is 4.00. The maximum Gasteiger partial charge on any atom is 0.180 e. The van der Waals surface area contributed by atoms with Crippen molar-refractivity contribution in [2.45, 2.75) is 0 Å². The summed E-state index contributed by atoms with van der Waals surface area (Å²) in [4.78, 5) is 4.74. The van der Waals surface area contributed by atoms with Crippen LogP contribution in [0.3, 0.4) is 0 Å². The molecule has 0 aliphatic heterocycles. The Kier molecular flexibility index (Phi) is 2.55. The maximum absolute atomic E-state index is 13.2. The van der Waals surface area contributed by atoms with E-state index < -0.39 is 0 Å². The summed E-state index contributed by atoms with van der Waals surface area (Å²) < 4.78 is 18.2. The van der Waals surface area contributed by atoms with Crippen molar-refractivity contribution in [2.75, 3.05) is 12.8 Å². The summed E-state index contributed by atoms with van der Waals surface area (Å²) in [6.45, 7) is 0. The normalized spacial score (nSPS) is 10.3. The standard InChI is InChI=1S/C10H9FN2OS/c1-14-8-3-6(2-7(11)4-8)9-5-13-10(12)15-9/h2-5H,1H3,(H2,12,13). The largest absolute Gasteiger partial charge is 0.497 e. The Labute approximate surface area is 90.3 Å². The molecule has 0 radical (unpaired) electrons. The Balaban J connectivity index is 2.48. The Morgan fingerprint density at radius 2 is 2.20 bits per heavy atom. The molecule has 5 heteroatoms. The highest BCUT2D eigenvalue weighted by Gasteiger charge is 2.06. The number of anilines is 1. The molecular formula is C10H9FN2OS. The van der Waals surface area contributed by atoms with E-state index in [0.29, 0.717) is 10.9 Å². The molecule has 0 aliphatic rings. The van der Waals surface area contributed by atoms with E-state index >= 15 is 0 Å². The van der Waals surface area contributed by atoms with Gasteiger partial charge in [0, 0.05) is 12.3 Å². The van der Waals surface area contributed by atoms with Crippen LogP contribution in [0.2, 0.25) is 0 Å². The van der Waals surface area contributed by atoms with Crippen LogP contribution in [0.4, 0.5) is 9.52 Å². The minimum Gasteiger partial charge on any atom is -0.497 e. The van der Waals surface area contributed by atoms with Crippen LogP contribution in [0.1, 0.15) is 0 Å². The van der Waals surface area contributed by atoms with Gasteiger partial charge in [-0.2, -0.15) is 0 Å². The smallest absolute Gasteiger partial charge is 0.180 e. The molecule has 15 heavy (non-hydrogen) atoms. The highest BCUT2D eigenvalue weighted by molar-refractivity contribution is 7.18. The highest BCUT2D eigenvalue weighted by Crippen LogP contribution is 2.30. The van der Waals surface area contributed by atoms with Gasteiger partial charge in [0.05, 0.1) is 12.0 Å². The molecule has 1 aromatic heterocycles. The van der Waals surface area contributed by atoms with Gasteiger partial charge in [0.25, 0.3) is 0 Å². The number of ether oxygens (including phenoxy) is 1. The number of nitrogen functional groups attached to an aromatic ring is 1. The van der Waals surface area contributed by atoms with Crippen LogP contribution in [-0.2, 0) is 0 Å². The molecule has 0 aliphatic carbocycles. The summed E-state index contributed by atoms with van der Waals surface area (Å²) >= 11 is 1.31.